The first-order valence-electron chi connectivity index (χ1n) is 5.26. The predicted molar refractivity (Wildman–Crippen MR) is 67.6 cm³/mol. The smallest absolute Gasteiger partial charge is 0.330 e. The molecule has 0 saturated carbocycles. The van der Waals surface area contributed by atoms with Crippen LogP contribution in [0.15, 0.2) is 30.4 Å². The molecular formula is C12H12N2O5. The summed E-state index contributed by atoms with van der Waals surface area (Å²) in [5.74, 6) is -1.24. The first kappa shape index (κ1) is 14.4. The van der Waals surface area contributed by atoms with Crippen molar-refractivity contribution in [1.82, 2.24) is 0 Å². The fraction of sp³-hybridized carbons (Fsp3) is 0.167. The van der Waals surface area contributed by atoms with Crippen molar-refractivity contribution in [1.29, 1.82) is 0 Å². The van der Waals surface area contributed by atoms with Crippen LogP contribution < -0.4 is 5.32 Å². The van der Waals surface area contributed by atoms with Crippen molar-refractivity contribution in [2.24, 2.45) is 0 Å². The highest BCUT2D eigenvalue weighted by atomic mass is 16.6. The average molecular weight is 264 g/mol. The van der Waals surface area contributed by atoms with Crippen LogP contribution in [0.5, 0.6) is 0 Å². The molecule has 0 saturated heterocycles. The van der Waals surface area contributed by atoms with Crippen LogP contribution in [0.4, 0.5) is 11.4 Å². The Kier molecular flexibility index (Phi) is 4.76. The Morgan fingerprint density at radius 3 is 2.63 bits per heavy atom. The Morgan fingerprint density at radius 1 is 1.37 bits per heavy atom. The van der Waals surface area contributed by atoms with Crippen LogP contribution >= 0.6 is 0 Å². The predicted octanol–water partition coefficient (Wildman–Crippen LogP) is 1.57. The van der Waals surface area contributed by atoms with E-state index in [1.54, 1.807) is 6.92 Å². The minimum Gasteiger partial charge on any atom is -0.466 e. The van der Waals surface area contributed by atoms with E-state index in [1.807, 2.05) is 0 Å². The van der Waals surface area contributed by atoms with Gasteiger partial charge in [0.25, 0.3) is 5.69 Å². The number of nitrogens with one attached hydrogen (secondary N) is 1. The maximum Gasteiger partial charge on any atom is 0.330 e. The second-order valence-corrected chi connectivity index (χ2v) is 3.60. The number of rotatable bonds is 4. The molecule has 1 rings (SSSR count). The number of nitrogens with zero attached hydrogens (tertiary/aromatic N) is 1. The van der Waals surface area contributed by atoms with Crippen molar-refractivity contribution in [3.63, 3.8) is 0 Å². The van der Waals surface area contributed by atoms with Gasteiger partial charge in [-0.3, -0.25) is 14.9 Å². The third-order valence-electron chi connectivity index (χ3n) is 2.26. The number of nitro benzene ring substituents is 1. The summed E-state index contributed by atoms with van der Waals surface area (Å²) in [6, 6.07) is 4.12. The first-order valence-corrected chi connectivity index (χ1v) is 5.26. The van der Waals surface area contributed by atoms with Crippen LogP contribution in [-0.2, 0) is 14.3 Å². The number of anilines is 1. The SMILES string of the molecule is COC(=O)/C=C/C(=O)Nc1cc([N+](=O)[O-])ccc1C. The lowest BCUT2D eigenvalue weighted by Crippen LogP contribution is -2.10. The molecule has 1 aromatic rings. The van der Waals surface area contributed by atoms with Gasteiger partial charge in [0.1, 0.15) is 0 Å². The Labute approximate surface area is 109 Å². The molecule has 1 amide bonds. The monoisotopic (exact) mass is 264 g/mol. The molecule has 7 heteroatoms. The van der Waals surface area contributed by atoms with Crippen LogP contribution in [0, 0.1) is 17.0 Å². The Balaban J connectivity index is 2.84. The van der Waals surface area contributed by atoms with E-state index >= 15 is 0 Å². The molecule has 0 fully saturated rings. The van der Waals surface area contributed by atoms with E-state index < -0.39 is 16.8 Å². The zero-order valence-corrected chi connectivity index (χ0v) is 10.4. The molecule has 1 aromatic carbocycles. The van der Waals surface area contributed by atoms with E-state index in [-0.39, 0.29) is 5.69 Å². The lowest BCUT2D eigenvalue weighted by atomic mass is 10.2. The molecule has 0 heterocycles. The fourth-order valence-corrected chi connectivity index (χ4v) is 1.24. The number of aryl methyl sites for hydroxylation is 1. The summed E-state index contributed by atoms with van der Waals surface area (Å²) < 4.78 is 4.33. The number of non-ortho nitro benzene ring substituents is 1. The van der Waals surface area contributed by atoms with Crippen molar-refractivity contribution < 1.29 is 19.2 Å². The van der Waals surface area contributed by atoms with Gasteiger partial charge in [-0.25, -0.2) is 4.79 Å². The van der Waals surface area contributed by atoms with Gasteiger partial charge < -0.3 is 10.1 Å². The van der Waals surface area contributed by atoms with Crippen LogP contribution in [0.2, 0.25) is 0 Å². The number of benzene rings is 1. The van der Waals surface area contributed by atoms with E-state index in [0.29, 0.717) is 11.3 Å². The minimum absolute atomic E-state index is 0.127. The van der Waals surface area contributed by atoms with Gasteiger partial charge in [-0.1, -0.05) is 6.07 Å². The first-order chi connectivity index (χ1) is 8.93. The van der Waals surface area contributed by atoms with E-state index in [4.69, 9.17) is 0 Å². The number of hydrogen-bond acceptors (Lipinski definition) is 5. The second-order valence-electron chi connectivity index (χ2n) is 3.60. The summed E-state index contributed by atoms with van der Waals surface area (Å²) in [5.41, 5.74) is 0.858. The van der Waals surface area contributed by atoms with Crippen LogP contribution in [0.1, 0.15) is 5.56 Å². The average Bonchev–Trinajstić information content (AvgIpc) is 2.38. The van der Waals surface area contributed by atoms with E-state index in [0.717, 1.165) is 12.2 Å². The lowest BCUT2D eigenvalue weighted by molar-refractivity contribution is -0.384. The number of nitro groups is 1. The maximum absolute atomic E-state index is 11.5. The number of ether oxygens (including phenoxy) is 1. The van der Waals surface area contributed by atoms with Crippen LogP contribution in [-0.4, -0.2) is 23.9 Å². The zero-order valence-electron chi connectivity index (χ0n) is 10.4. The fourth-order valence-electron chi connectivity index (χ4n) is 1.24. The van der Waals surface area contributed by atoms with Crippen molar-refractivity contribution in [2.45, 2.75) is 6.92 Å². The second kappa shape index (κ2) is 6.29. The lowest BCUT2D eigenvalue weighted by Gasteiger charge is -2.05. The van der Waals surface area contributed by atoms with Crippen LogP contribution in [0.3, 0.4) is 0 Å². The van der Waals surface area contributed by atoms with Gasteiger partial charge in [0.05, 0.1) is 17.7 Å². The molecule has 0 aromatic heterocycles. The molecule has 0 radical (unpaired) electrons. The number of methoxy groups -OCH3 is 1. The van der Waals surface area contributed by atoms with E-state index in [1.165, 1.54) is 25.3 Å². The summed E-state index contributed by atoms with van der Waals surface area (Å²) in [5, 5.41) is 13.1. The molecular weight excluding hydrogens is 252 g/mol. The third kappa shape index (κ3) is 4.23. The zero-order chi connectivity index (χ0) is 14.4. The Morgan fingerprint density at radius 2 is 2.05 bits per heavy atom. The number of carbonyl (C=O) groups excluding carboxylic acids is 2. The summed E-state index contributed by atoms with van der Waals surface area (Å²) in [6.07, 6.45) is 1.95. The number of carbonyl (C=O) groups is 2. The summed E-state index contributed by atoms with van der Waals surface area (Å²) in [7, 11) is 1.19. The molecule has 0 bridgehead atoms. The molecule has 100 valence electrons. The molecule has 1 N–H and O–H groups in total. The molecule has 0 aliphatic rings. The summed E-state index contributed by atoms with van der Waals surface area (Å²) in [4.78, 5) is 32.4. The summed E-state index contributed by atoms with van der Waals surface area (Å²) >= 11 is 0. The van der Waals surface area contributed by atoms with Crippen molar-refractivity contribution in [3.8, 4) is 0 Å². The van der Waals surface area contributed by atoms with Gasteiger partial charge in [-0.05, 0) is 12.5 Å². The molecule has 0 unspecified atom stereocenters. The number of hydrogen-bond donors (Lipinski definition) is 1. The highest BCUT2D eigenvalue weighted by molar-refractivity contribution is 6.03. The molecule has 0 atom stereocenters. The molecule has 7 nitrogen and oxygen atoms in total. The van der Waals surface area contributed by atoms with E-state index in [2.05, 4.69) is 10.1 Å². The topological polar surface area (TPSA) is 98.5 Å². The number of esters is 1. The van der Waals surface area contributed by atoms with Crippen molar-refractivity contribution in [3.05, 3.63) is 46.0 Å². The quantitative estimate of drug-likeness (QED) is 0.385. The minimum atomic E-state index is -0.661. The molecule has 0 spiro atoms. The normalized spacial score (nSPS) is 10.2. The van der Waals surface area contributed by atoms with Gasteiger partial charge in [0.2, 0.25) is 5.91 Å². The van der Waals surface area contributed by atoms with Gasteiger partial charge in [0.15, 0.2) is 0 Å². The largest absolute Gasteiger partial charge is 0.466 e. The van der Waals surface area contributed by atoms with Gasteiger partial charge in [-0.15, -0.1) is 0 Å². The molecule has 0 aliphatic carbocycles. The highest BCUT2D eigenvalue weighted by Gasteiger charge is 2.10. The molecule has 19 heavy (non-hydrogen) atoms. The van der Waals surface area contributed by atoms with Crippen LogP contribution in [0.25, 0.3) is 0 Å². The Bertz CT molecular complexity index is 551. The number of amides is 1. The standard InChI is InChI=1S/C12H12N2O5/c1-8-3-4-9(14(17)18)7-10(8)13-11(15)5-6-12(16)19-2/h3-7H,1-2H3,(H,13,15)/b6-5+. The summed E-state index contributed by atoms with van der Waals surface area (Å²) in [6.45, 7) is 1.70. The van der Waals surface area contributed by atoms with Crippen molar-refractivity contribution in [2.75, 3.05) is 12.4 Å². The molecule has 0 aliphatic heterocycles. The van der Waals surface area contributed by atoms with Crippen molar-refractivity contribution >= 4 is 23.3 Å². The van der Waals surface area contributed by atoms with Gasteiger partial charge in [-0.2, -0.15) is 0 Å². The van der Waals surface area contributed by atoms with Gasteiger partial charge >= 0.3 is 5.97 Å². The van der Waals surface area contributed by atoms with Gasteiger partial charge in [0, 0.05) is 24.3 Å². The highest BCUT2D eigenvalue weighted by Crippen LogP contribution is 2.21. The maximum atomic E-state index is 11.5. The van der Waals surface area contributed by atoms with E-state index in [9.17, 15) is 19.7 Å². The Hall–Kier alpha value is -2.70. The third-order valence-corrected chi connectivity index (χ3v) is 2.26.